The summed E-state index contributed by atoms with van der Waals surface area (Å²) in [7, 11) is 3.98. The predicted octanol–water partition coefficient (Wildman–Crippen LogP) is 2.57. The number of methoxy groups -OCH3 is 1. The molecule has 2 bridgehead atoms. The minimum absolute atomic E-state index is 0.145. The van der Waals surface area contributed by atoms with Crippen LogP contribution in [0.15, 0.2) is 24.3 Å². The molecule has 2 aliphatic rings. The monoisotopic (exact) mass is 260 g/mol. The molecular formula is C16H24N2O. The van der Waals surface area contributed by atoms with Gasteiger partial charge in [-0.1, -0.05) is 12.1 Å². The molecule has 2 heterocycles. The molecule has 2 saturated heterocycles. The van der Waals surface area contributed by atoms with E-state index in [1.165, 1.54) is 31.2 Å². The van der Waals surface area contributed by atoms with E-state index in [0.717, 1.165) is 17.8 Å². The molecule has 2 aliphatic heterocycles. The number of benzene rings is 1. The second-order valence-electron chi connectivity index (χ2n) is 6.08. The lowest BCUT2D eigenvalue weighted by Gasteiger charge is -2.38. The average Bonchev–Trinajstić information content (AvgIpc) is 2.68. The Balaban J connectivity index is 1.75. The zero-order chi connectivity index (χ0) is 13.4. The average molecular weight is 260 g/mol. The van der Waals surface area contributed by atoms with E-state index < -0.39 is 0 Å². The SMILES string of the molecule is COc1cccc(C(N)C2CC3CCC(C2)N3C)c1. The van der Waals surface area contributed by atoms with Gasteiger partial charge in [0, 0.05) is 18.1 Å². The highest BCUT2D eigenvalue weighted by Crippen LogP contribution is 2.41. The van der Waals surface area contributed by atoms with E-state index >= 15 is 0 Å². The molecule has 0 spiro atoms. The van der Waals surface area contributed by atoms with Gasteiger partial charge in [0.05, 0.1) is 7.11 Å². The third-order valence-electron chi connectivity index (χ3n) is 5.12. The van der Waals surface area contributed by atoms with Crippen LogP contribution < -0.4 is 10.5 Å². The molecule has 0 amide bonds. The molecule has 1 aromatic rings. The van der Waals surface area contributed by atoms with Gasteiger partial charge in [-0.15, -0.1) is 0 Å². The maximum Gasteiger partial charge on any atom is 0.119 e. The molecule has 104 valence electrons. The zero-order valence-electron chi connectivity index (χ0n) is 11.9. The highest BCUT2D eigenvalue weighted by atomic mass is 16.5. The van der Waals surface area contributed by atoms with Crippen molar-refractivity contribution in [3.05, 3.63) is 29.8 Å². The molecule has 3 rings (SSSR count). The van der Waals surface area contributed by atoms with Gasteiger partial charge in [0.15, 0.2) is 0 Å². The highest BCUT2D eigenvalue weighted by Gasteiger charge is 2.40. The number of nitrogens with zero attached hydrogens (tertiary/aromatic N) is 1. The van der Waals surface area contributed by atoms with Gasteiger partial charge in [-0.2, -0.15) is 0 Å². The van der Waals surface area contributed by atoms with Crippen molar-refractivity contribution in [2.75, 3.05) is 14.2 Å². The molecule has 0 aliphatic carbocycles. The summed E-state index contributed by atoms with van der Waals surface area (Å²) < 4.78 is 5.30. The minimum Gasteiger partial charge on any atom is -0.497 e. The van der Waals surface area contributed by atoms with E-state index in [1.54, 1.807) is 7.11 Å². The van der Waals surface area contributed by atoms with E-state index in [-0.39, 0.29) is 6.04 Å². The Hall–Kier alpha value is -1.06. The molecule has 19 heavy (non-hydrogen) atoms. The van der Waals surface area contributed by atoms with Gasteiger partial charge >= 0.3 is 0 Å². The molecule has 3 nitrogen and oxygen atoms in total. The van der Waals surface area contributed by atoms with Crippen LogP contribution in [0.5, 0.6) is 5.75 Å². The molecule has 2 fully saturated rings. The second kappa shape index (κ2) is 5.14. The van der Waals surface area contributed by atoms with E-state index in [1.807, 2.05) is 12.1 Å². The largest absolute Gasteiger partial charge is 0.497 e. The standard InChI is InChI=1S/C16H24N2O/c1-18-13-6-7-14(18)9-12(8-13)16(17)11-4-3-5-15(10-11)19-2/h3-5,10,12-14,16H,6-9,17H2,1-2H3. The van der Waals surface area contributed by atoms with Gasteiger partial charge in [-0.25, -0.2) is 0 Å². The van der Waals surface area contributed by atoms with Crippen LogP contribution in [0, 0.1) is 5.92 Å². The fourth-order valence-corrected chi connectivity index (χ4v) is 3.87. The summed E-state index contributed by atoms with van der Waals surface area (Å²) in [5, 5.41) is 0. The van der Waals surface area contributed by atoms with Crippen molar-refractivity contribution in [3.8, 4) is 5.75 Å². The minimum atomic E-state index is 0.145. The molecule has 3 unspecified atom stereocenters. The Labute approximate surface area is 115 Å². The fraction of sp³-hybridized carbons (Fsp3) is 0.625. The first-order chi connectivity index (χ1) is 9.19. The van der Waals surface area contributed by atoms with Crippen LogP contribution in [-0.2, 0) is 0 Å². The van der Waals surface area contributed by atoms with E-state index in [2.05, 4.69) is 24.1 Å². The topological polar surface area (TPSA) is 38.5 Å². The van der Waals surface area contributed by atoms with Crippen LogP contribution in [0.2, 0.25) is 0 Å². The number of nitrogens with two attached hydrogens (primary N) is 1. The fourth-order valence-electron chi connectivity index (χ4n) is 3.87. The quantitative estimate of drug-likeness (QED) is 0.907. The molecule has 0 aromatic heterocycles. The number of fused-ring (bicyclic) bond motifs is 2. The van der Waals surface area contributed by atoms with Gasteiger partial charge in [0.25, 0.3) is 0 Å². The summed E-state index contributed by atoms with van der Waals surface area (Å²) in [6.45, 7) is 0. The van der Waals surface area contributed by atoms with E-state index in [9.17, 15) is 0 Å². The normalized spacial score (nSPS) is 32.3. The van der Waals surface area contributed by atoms with Crippen molar-refractivity contribution in [2.24, 2.45) is 11.7 Å². The van der Waals surface area contributed by atoms with Crippen molar-refractivity contribution < 1.29 is 4.74 Å². The molecule has 0 radical (unpaired) electrons. The lowest BCUT2D eigenvalue weighted by atomic mass is 9.82. The maximum absolute atomic E-state index is 6.52. The van der Waals surface area contributed by atoms with Gasteiger partial charge < -0.3 is 15.4 Å². The van der Waals surface area contributed by atoms with E-state index in [0.29, 0.717) is 5.92 Å². The zero-order valence-corrected chi connectivity index (χ0v) is 11.9. The summed E-state index contributed by atoms with van der Waals surface area (Å²) in [6, 6.07) is 9.89. The molecule has 3 atom stereocenters. The van der Waals surface area contributed by atoms with Crippen LogP contribution in [0.1, 0.15) is 37.3 Å². The molecule has 3 heteroatoms. The van der Waals surface area contributed by atoms with Gasteiger partial charge in [0.1, 0.15) is 5.75 Å². The second-order valence-corrected chi connectivity index (χ2v) is 6.08. The third-order valence-corrected chi connectivity index (χ3v) is 5.12. The number of ether oxygens (including phenoxy) is 1. The number of rotatable bonds is 3. The van der Waals surface area contributed by atoms with Crippen LogP contribution in [0.25, 0.3) is 0 Å². The molecular weight excluding hydrogens is 236 g/mol. The Morgan fingerprint density at radius 2 is 1.95 bits per heavy atom. The Morgan fingerprint density at radius 3 is 2.58 bits per heavy atom. The first-order valence-electron chi connectivity index (χ1n) is 7.30. The van der Waals surface area contributed by atoms with Crippen molar-refractivity contribution >= 4 is 0 Å². The Bertz CT molecular complexity index is 434. The summed E-state index contributed by atoms with van der Waals surface area (Å²) in [6.07, 6.45) is 5.18. The summed E-state index contributed by atoms with van der Waals surface area (Å²) >= 11 is 0. The number of hydrogen-bond acceptors (Lipinski definition) is 3. The first kappa shape index (κ1) is 12.9. The Morgan fingerprint density at radius 1 is 1.26 bits per heavy atom. The van der Waals surface area contributed by atoms with Crippen molar-refractivity contribution in [1.82, 2.24) is 4.90 Å². The maximum atomic E-state index is 6.52. The smallest absolute Gasteiger partial charge is 0.119 e. The molecule has 0 saturated carbocycles. The lowest BCUT2D eigenvalue weighted by molar-refractivity contribution is 0.121. The van der Waals surface area contributed by atoms with E-state index in [4.69, 9.17) is 10.5 Å². The lowest BCUT2D eigenvalue weighted by Crippen LogP contribution is -2.42. The van der Waals surface area contributed by atoms with Crippen molar-refractivity contribution in [1.29, 1.82) is 0 Å². The van der Waals surface area contributed by atoms with Gasteiger partial charge in [-0.3, -0.25) is 0 Å². The summed E-state index contributed by atoms with van der Waals surface area (Å²) in [4.78, 5) is 2.56. The first-order valence-corrected chi connectivity index (χ1v) is 7.30. The van der Waals surface area contributed by atoms with Crippen LogP contribution >= 0.6 is 0 Å². The van der Waals surface area contributed by atoms with Crippen LogP contribution in [0.4, 0.5) is 0 Å². The third kappa shape index (κ3) is 2.37. The van der Waals surface area contributed by atoms with Gasteiger partial charge in [-0.05, 0) is 56.3 Å². The van der Waals surface area contributed by atoms with Crippen molar-refractivity contribution in [2.45, 2.75) is 43.8 Å². The molecule has 2 N–H and O–H groups in total. The number of piperidine rings is 1. The van der Waals surface area contributed by atoms with Crippen LogP contribution in [0.3, 0.4) is 0 Å². The summed E-state index contributed by atoms with van der Waals surface area (Å²) in [5.74, 6) is 1.52. The summed E-state index contributed by atoms with van der Waals surface area (Å²) in [5.41, 5.74) is 7.73. The van der Waals surface area contributed by atoms with Gasteiger partial charge in [0.2, 0.25) is 0 Å². The molecule has 1 aromatic carbocycles. The van der Waals surface area contributed by atoms with Crippen LogP contribution in [-0.4, -0.2) is 31.1 Å². The van der Waals surface area contributed by atoms with Crippen molar-refractivity contribution in [3.63, 3.8) is 0 Å². The Kier molecular flexibility index (Phi) is 3.50. The highest BCUT2D eigenvalue weighted by molar-refractivity contribution is 5.31. The predicted molar refractivity (Wildman–Crippen MR) is 77.2 cm³/mol. The number of hydrogen-bond donors (Lipinski definition) is 1.